The summed E-state index contributed by atoms with van der Waals surface area (Å²) >= 11 is 0. The first-order valence-corrected chi connectivity index (χ1v) is 8.14. The molecule has 3 unspecified atom stereocenters. The lowest BCUT2D eigenvalue weighted by atomic mass is 9.82. The Bertz CT molecular complexity index is 250. The van der Waals surface area contributed by atoms with Crippen molar-refractivity contribution in [2.75, 3.05) is 33.2 Å². The zero-order valence-electron chi connectivity index (χ0n) is 13.8. The van der Waals surface area contributed by atoms with Gasteiger partial charge in [0.15, 0.2) is 0 Å². The Balaban J connectivity index is 2.89. The van der Waals surface area contributed by atoms with E-state index in [0.29, 0.717) is 6.04 Å². The highest BCUT2D eigenvalue weighted by molar-refractivity contribution is 4.95. The maximum Gasteiger partial charge on any atom is 0.0335 e. The van der Waals surface area contributed by atoms with E-state index in [-0.39, 0.29) is 5.54 Å². The van der Waals surface area contributed by atoms with Crippen LogP contribution in [0.5, 0.6) is 0 Å². The lowest BCUT2D eigenvalue weighted by molar-refractivity contribution is 0.0340. The zero-order chi connectivity index (χ0) is 14.5. The van der Waals surface area contributed by atoms with E-state index in [1.165, 1.54) is 45.3 Å². The fourth-order valence-electron chi connectivity index (χ4n) is 3.68. The minimum absolute atomic E-state index is 0.208. The minimum atomic E-state index is 0.208. The number of hydrogen-bond acceptors (Lipinski definition) is 3. The molecule has 1 aliphatic rings. The van der Waals surface area contributed by atoms with Gasteiger partial charge in [-0.1, -0.05) is 27.2 Å². The largest absolute Gasteiger partial charge is 0.329 e. The van der Waals surface area contributed by atoms with Crippen molar-refractivity contribution in [3.8, 4) is 0 Å². The molecule has 0 aromatic rings. The lowest BCUT2D eigenvalue weighted by Crippen LogP contribution is -2.58. The molecule has 0 aromatic heterocycles. The van der Waals surface area contributed by atoms with E-state index in [1.54, 1.807) is 0 Å². The second kappa shape index (κ2) is 7.61. The van der Waals surface area contributed by atoms with Crippen molar-refractivity contribution >= 4 is 0 Å². The first-order valence-electron chi connectivity index (χ1n) is 8.14. The van der Waals surface area contributed by atoms with Gasteiger partial charge in [0.2, 0.25) is 0 Å². The highest BCUT2D eigenvalue weighted by Crippen LogP contribution is 2.31. The molecule has 0 saturated carbocycles. The third-order valence-electron chi connectivity index (χ3n) is 5.12. The number of likely N-dealkylation sites (N-methyl/N-ethyl adjacent to an activating group) is 1. The molecule has 0 amide bonds. The van der Waals surface area contributed by atoms with Crippen LogP contribution in [0.3, 0.4) is 0 Å². The molecule has 0 bridgehead atoms. The van der Waals surface area contributed by atoms with Crippen molar-refractivity contribution in [3.05, 3.63) is 0 Å². The Hall–Kier alpha value is -0.120. The van der Waals surface area contributed by atoms with E-state index in [0.717, 1.165) is 12.5 Å². The molecule has 0 spiro atoms. The molecule has 1 fully saturated rings. The molecule has 0 aromatic carbocycles. The third-order valence-corrected chi connectivity index (χ3v) is 5.12. The molecule has 0 radical (unpaired) electrons. The van der Waals surface area contributed by atoms with Crippen molar-refractivity contribution in [2.24, 2.45) is 11.7 Å². The van der Waals surface area contributed by atoms with E-state index in [9.17, 15) is 0 Å². The maximum absolute atomic E-state index is 6.24. The van der Waals surface area contributed by atoms with E-state index >= 15 is 0 Å². The first kappa shape index (κ1) is 16.9. The van der Waals surface area contributed by atoms with Crippen LogP contribution in [0.4, 0.5) is 0 Å². The van der Waals surface area contributed by atoms with Gasteiger partial charge in [0.25, 0.3) is 0 Å². The Morgan fingerprint density at radius 2 is 2.00 bits per heavy atom. The molecule has 3 heteroatoms. The second-order valence-corrected chi connectivity index (χ2v) is 6.66. The first-order chi connectivity index (χ1) is 8.99. The minimum Gasteiger partial charge on any atom is -0.329 e. The average molecular weight is 269 g/mol. The number of hydrogen-bond donors (Lipinski definition) is 1. The average Bonchev–Trinajstić information content (AvgIpc) is 2.57. The van der Waals surface area contributed by atoms with Gasteiger partial charge in [-0.25, -0.2) is 0 Å². The molecule has 0 aliphatic carbocycles. The third kappa shape index (κ3) is 4.17. The van der Waals surface area contributed by atoms with Crippen molar-refractivity contribution in [2.45, 2.75) is 65.0 Å². The highest BCUT2D eigenvalue weighted by Gasteiger charge is 2.38. The van der Waals surface area contributed by atoms with Crippen LogP contribution in [-0.2, 0) is 0 Å². The predicted molar refractivity (Wildman–Crippen MR) is 84.4 cm³/mol. The summed E-state index contributed by atoms with van der Waals surface area (Å²) < 4.78 is 0. The number of nitrogens with zero attached hydrogens (tertiary/aromatic N) is 2. The topological polar surface area (TPSA) is 32.5 Å². The van der Waals surface area contributed by atoms with Crippen LogP contribution in [0.1, 0.15) is 53.4 Å². The van der Waals surface area contributed by atoms with Crippen molar-refractivity contribution in [1.82, 2.24) is 9.80 Å². The van der Waals surface area contributed by atoms with E-state index in [2.05, 4.69) is 44.5 Å². The van der Waals surface area contributed by atoms with Crippen LogP contribution in [0.15, 0.2) is 0 Å². The van der Waals surface area contributed by atoms with Gasteiger partial charge >= 0.3 is 0 Å². The Labute approximate surface area is 120 Å². The highest BCUT2D eigenvalue weighted by atomic mass is 15.3. The van der Waals surface area contributed by atoms with Crippen LogP contribution in [0.25, 0.3) is 0 Å². The van der Waals surface area contributed by atoms with E-state index in [1.807, 2.05) is 0 Å². The molecule has 2 N–H and O–H groups in total. The van der Waals surface area contributed by atoms with Crippen LogP contribution in [0, 0.1) is 5.92 Å². The maximum atomic E-state index is 6.24. The smallest absolute Gasteiger partial charge is 0.0335 e. The Morgan fingerprint density at radius 1 is 1.32 bits per heavy atom. The van der Waals surface area contributed by atoms with Gasteiger partial charge in [-0.05, 0) is 45.7 Å². The van der Waals surface area contributed by atoms with E-state index < -0.39 is 0 Å². The summed E-state index contributed by atoms with van der Waals surface area (Å²) in [6, 6.07) is 0.611. The molecule has 3 nitrogen and oxygen atoms in total. The monoisotopic (exact) mass is 269 g/mol. The molecule has 1 heterocycles. The zero-order valence-corrected chi connectivity index (χ0v) is 13.8. The lowest BCUT2D eigenvalue weighted by Gasteiger charge is -2.47. The van der Waals surface area contributed by atoms with Gasteiger partial charge in [-0.3, -0.25) is 4.90 Å². The van der Waals surface area contributed by atoms with Crippen LogP contribution in [-0.4, -0.2) is 54.6 Å². The van der Waals surface area contributed by atoms with Gasteiger partial charge in [-0.15, -0.1) is 0 Å². The van der Waals surface area contributed by atoms with Gasteiger partial charge in [0, 0.05) is 31.2 Å². The molecule has 1 saturated heterocycles. The summed E-state index contributed by atoms with van der Waals surface area (Å²) in [5.41, 5.74) is 6.45. The summed E-state index contributed by atoms with van der Waals surface area (Å²) in [6.45, 7) is 13.7. The summed E-state index contributed by atoms with van der Waals surface area (Å²) in [4.78, 5) is 5.19. The van der Waals surface area contributed by atoms with Crippen LogP contribution < -0.4 is 5.73 Å². The number of nitrogens with two attached hydrogens (primary N) is 1. The summed E-state index contributed by atoms with van der Waals surface area (Å²) in [5, 5.41) is 0. The fraction of sp³-hybridized carbons (Fsp3) is 1.00. The quantitative estimate of drug-likeness (QED) is 0.804. The molecular weight excluding hydrogens is 234 g/mol. The number of rotatable bonds is 6. The van der Waals surface area contributed by atoms with E-state index in [4.69, 9.17) is 5.73 Å². The Morgan fingerprint density at radius 3 is 2.53 bits per heavy atom. The summed E-state index contributed by atoms with van der Waals surface area (Å²) in [6.07, 6.45) is 4.93. The van der Waals surface area contributed by atoms with Gasteiger partial charge in [0.05, 0.1) is 0 Å². The molecular formula is C16H35N3. The normalized spacial score (nSPS) is 27.8. The molecule has 19 heavy (non-hydrogen) atoms. The second-order valence-electron chi connectivity index (χ2n) is 6.66. The molecule has 1 rings (SSSR count). The van der Waals surface area contributed by atoms with Crippen molar-refractivity contribution in [3.63, 3.8) is 0 Å². The van der Waals surface area contributed by atoms with Gasteiger partial charge in [0.1, 0.15) is 0 Å². The van der Waals surface area contributed by atoms with Crippen LogP contribution in [0.2, 0.25) is 0 Å². The standard InChI is InChI=1S/C16H35N3/c1-6-14(3)11-16(7-2,13-17)19-10-8-9-18(5)12-15(19)4/h14-15H,6-13,17H2,1-5H3. The van der Waals surface area contributed by atoms with Crippen molar-refractivity contribution < 1.29 is 0 Å². The molecule has 1 aliphatic heterocycles. The summed E-state index contributed by atoms with van der Waals surface area (Å²) in [5.74, 6) is 0.761. The molecule has 3 atom stereocenters. The van der Waals surface area contributed by atoms with Gasteiger partial charge in [-0.2, -0.15) is 0 Å². The van der Waals surface area contributed by atoms with Crippen molar-refractivity contribution in [1.29, 1.82) is 0 Å². The van der Waals surface area contributed by atoms with Crippen LogP contribution >= 0.6 is 0 Å². The summed E-state index contributed by atoms with van der Waals surface area (Å²) in [7, 11) is 2.24. The fourth-order valence-corrected chi connectivity index (χ4v) is 3.68. The predicted octanol–water partition coefficient (Wildman–Crippen LogP) is 2.56. The SMILES string of the molecule is CCC(C)CC(CC)(CN)N1CCCN(C)CC1C. The Kier molecular flexibility index (Phi) is 6.78. The molecule has 114 valence electrons. The van der Waals surface area contributed by atoms with Gasteiger partial charge < -0.3 is 10.6 Å².